The maximum absolute atomic E-state index is 12.7. The number of unbranched alkanes of at least 4 members (excludes halogenated alkanes) is 3. The van der Waals surface area contributed by atoms with E-state index in [2.05, 4.69) is 17.6 Å². The second kappa shape index (κ2) is 8.34. The molecule has 1 aromatic rings. The minimum atomic E-state index is -0.911. The molecule has 6 heteroatoms. The van der Waals surface area contributed by atoms with Gasteiger partial charge in [-0.2, -0.15) is 0 Å². The third-order valence-corrected chi connectivity index (χ3v) is 4.97. The number of rotatable bonds is 8. The van der Waals surface area contributed by atoms with Gasteiger partial charge in [-0.05, 0) is 50.5 Å². The zero-order valence-corrected chi connectivity index (χ0v) is 16.1. The number of benzene rings is 1. The molecule has 1 aromatic carbocycles. The van der Waals surface area contributed by atoms with Gasteiger partial charge in [0.25, 0.3) is 5.91 Å². The molecule has 1 aliphatic heterocycles. The van der Waals surface area contributed by atoms with Crippen LogP contribution in [0.2, 0.25) is 0 Å². The molecule has 0 aliphatic carbocycles. The Kier molecular flexibility index (Phi) is 6.40. The fourth-order valence-corrected chi connectivity index (χ4v) is 3.13. The number of anilines is 1. The predicted molar refractivity (Wildman–Crippen MR) is 102 cm³/mol. The summed E-state index contributed by atoms with van der Waals surface area (Å²) in [5.41, 5.74) is 1.95. The van der Waals surface area contributed by atoms with Crippen LogP contribution in [0.1, 0.15) is 57.1 Å². The van der Waals surface area contributed by atoms with Gasteiger partial charge in [0.05, 0.1) is 0 Å². The maximum Gasteiger partial charge on any atom is 0.325 e. The first kappa shape index (κ1) is 19.9. The Labute approximate surface area is 155 Å². The van der Waals surface area contributed by atoms with Crippen molar-refractivity contribution >= 4 is 23.5 Å². The van der Waals surface area contributed by atoms with Gasteiger partial charge in [-0.1, -0.05) is 38.7 Å². The first-order valence-electron chi connectivity index (χ1n) is 9.28. The van der Waals surface area contributed by atoms with Gasteiger partial charge in [0.1, 0.15) is 12.1 Å². The normalized spacial score (nSPS) is 19.6. The number of nitrogens with one attached hydrogen (secondary N) is 2. The van der Waals surface area contributed by atoms with E-state index in [1.807, 2.05) is 32.0 Å². The number of carbonyl (C=O) groups is 3. The summed E-state index contributed by atoms with van der Waals surface area (Å²) in [6.45, 7) is 7.55. The number of hydrogen-bond acceptors (Lipinski definition) is 3. The van der Waals surface area contributed by atoms with E-state index in [1.165, 1.54) is 0 Å². The van der Waals surface area contributed by atoms with Crippen molar-refractivity contribution in [2.24, 2.45) is 0 Å². The molecule has 1 heterocycles. The second-order valence-electron chi connectivity index (χ2n) is 7.31. The highest BCUT2D eigenvalue weighted by Crippen LogP contribution is 2.24. The van der Waals surface area contributed by atoms with Gasteiger partial charge in [0.2, 0.25) is 5.91 Å². The number of aryl methyl sites for hydroxylation is 2. The van der Waals surface area contributed by atoms with Crippen molar-refractivity contribution in [2.45, 2.75) is 65.3 Å². The van der Waals surface area contributed by atoms with Gasteiger partial charge >= 0.3 is 6.03 Å². The predicted octanol–water partition coefficient (Wildman–Crippen LogP) is 3.52. The van der Waals surface area contributed by atoms with Crippen LogP contribution in [0.5, 0.6) is 0 Å². The molecule has 26 heavy (non-hydrogen) atoms. The van der Waals surface area contributed by atoms with Crippen molar-refractivity contribution < 1.29 is 14.4 Å². The summed E-state index contributed by atoms with van der Waals surface area (Å²) >= 11 is 0. The van der Waals surface area contributed by atoms with Gasteiger partial charge < -0.3 is 10.6 Å². The molecule has 2 rings (SSSR count). The SMILES string of the molecule is CCCCCCC1(C)NC(=O)N(CC(=O)Nc2ccc(C)c(C)c2)C1=O. The molecule has 1 fully saturated rings. The van der Waals surface area contributed by atoms with Gasteiger partial charge in [-0.25, -0.2) is 4.79 Å². The molecule has 6 nitrogen and oxygen atoms in total. The van der Waals surface area contributed by atoms with Crippen molar-refractivity contribution in [3.63, 3.8) is 0 Å². The Morgan fingerprint density at radius 1 is 1.15 bits per heavy atom. The standard InChI is InChI=1S/C20H29N3O3/c1-5-6-7-8-11-20(4)18(25)23(19(26)22-20)13-17(24)21-16-10-9-14(2)15(3)12-16/h9-10,12H,5-8,11,13H2,1-4H3,(H,21,24)(H,22,26). The smallest absolute Gasteiger partial charge is 0.325 e. The zero-order valence-electron chi connectivity index (χ0n) is 16.1. The van der Waals surface area contributed by atoms with Gasteiger partial charge in [-0.15, -0.1) is 0 Å². The van der Waals surface area contributed by atoms with Crippen molar-refractivity contribution in [1.29, 1.82) is 0 Å². The van der Waals surface area contributed by atoms with Crippen LogP contribution < -0.4 is 10.6 Å². The van der Waals surface area contributed by atoms with Gasteiger partial charge in [0, 0.05) is 5.69 Å². The molecule has 0 radical (unpaired) electrons. The van der Waals surface area contributed by atoms with E-state index >= 15 is 0 Å². The Hall–Kier alpha value is -2.37. The van der Waals surface area contributed by atoms with Crippen molar-refractivity contribution in [1.82, 2.24) is 10.2 Å². The largest absolute Gasteiger partial charge is 0.325 e. The lowest BCUT2D eigenvalue weighted by atomic mass is 9.94. The monoisotopic (exact) mass is 359 g/mol. The van der Waals surface area contributed by atoms with Crippen molar-refractivity contribution in [2.75, 3.05) is 11.9 Å². The number of carbonyl (C=O) groups excluding carboxylic acids is 3. The summed E-state index contributed by atoms with van der Waals surface area (Å²) < 4.78 is 0. The number of nitrogens with zero attached hydrogens (tertiary/aromatic N) is 1. The van der Waals surface area contributed by atoms with Gasteiger partial charge in [0.15, 0.2) is 0 Å². The maximum atomic E-state index is 12.7. The molecule has 1 saturated heterocycles. The number of amides is 4. The van der Waals surface area contributed by atoms with Crippen LogP contribution in [0.25, 0.3) is 0 Å². The summed E-state index contributed by atoms with van der Waals surface area (Å²) in [5.74, 6) is -0.707. The van der Waals surface area contributed by atoms with E-state index in [4.69, 9.17) is 0 Å². The van der Waals surface area contributed by atoms with E-state index in [9.17, 15) is 14.4 Å². The minimum Gasteiger partial charge on any atom is -0.325 e. The van der Waals surface area contributed by atoms with Crippen molar-refractivity contribution in [3.05, 3.63) is 29.3 Å². The van der Waals surface area contributed by atoms with Crippen LogP contribution >= 0.6 is 0 Å². The molecular formula is C20H29N3O3. The Balaban J connectivity index is 1.95. The molecule has 142 valence electrons. The highest BCUT2D eigenvalue weighted by atomic mass is 16.2. The fourth-order valence-electron chi connectivity index (χ4n) is 3.13. The molecule has 4 amide bonds. The highest BCUT2D eigenvalue weighted by Gasteiger charge is 2.47. The van der Waals surface area contributed by atoms with Crippen LogP contribution in [0.3, 0.4) is 0 Å². The van der Waals surface area contributed by atoms with Crippen LogP contribution in [0.15, 0.2) is 18.2 Å². The number of hydrogen-bond donors (Lipinski definition) is 2. The minimum absolute atomic E-state index is 0.276. The quantitative estimate of drug-likeness (QED) is 0.550. The molecule has 0 spiro atoms. The van der Waals surface area contributed by atoms with Crippen LogP contribution in [0, 0.1) is 13.8 Å². The number of imide groups is 1. The molecule has 0 aromatic heterocycles. The first-order chi connectivity index (χ1) is 12.3. The molecule has 0 bridgehead atoms. The zero-order chi connectivity index (χ0) is 19.3. The summed E-state index contributed by atoms with van der Waals surface area (Å²) in [5, 5.41) is 5.50. The molecule has 2 N–H and O–H groups in total. The summed E-state index contributed by atoms with van der Waals surface area (Å²) in [6, 6.07) is 5.11. The lowest BCUT2D eigenvalue weighted by molar-refractivity contribution is -0.133. The Bertz CT molecular complexity index is 702. The third kappa shape index (κ3) is 4.62. The van der Waals surface area contributed by atoms with Crippen LogP contribution in [-0.4, -0.2) is 34.8 Å². The lowest BCUT2D eigenvalue weighted by Crippen LogP contribution is -2.44. The van der Waals surface area contributed by atoms with E-state index in [1.54, 1.807) is 6.92 Å². The average molecular weight is 359 g/mol. The van der Waals surface area contributed by atoms with Crippen LogP contribution in [-0.2, 0) is 9.59 Å². The van der Waals surface area contributed by atoms with Gasteiger partial charge in [-0.3, -0.25) is 14.5 Å². The fraction of sp³-hybridized carbons (Fsp3) is 0.550. The van der Waals surface area contributed by atoms with E-state index in [0.29, 0.717) is 12.1 Å². The second-order valence-corrected chi connectivity index (χ2v) is 7.31. The molecule has 1 unspecified atom stereocenters. The summed E-state index contributed by atoms with van der Waals surface area (Å²) in [4.78, 5) is 38.1. The first-order valence-corrected chi connectivity index (χ1v) is 9.28. The number of urea groups is 1. The van der Waals surface area contributed by atoms with Crippen LogP contribution in [0.4, 0.5) is 10.5 Å². The topological polar surface area (TPSA) is 78.5 Å². The van der Waals surface area contributed by atoms with E-state index in [0.717, 1.165) is 41.7 Å². The van der Waals surface area contributed by atoms with E-state index in [-0.39, 0.29) is 18.4 Å². The summed E-state index contributed by atoms with van der Waals surface area (Å²) in [6.07, 6.45) is 4.72. The highest BCUT2D eigenvalue weighted by molar-refractivity contribution is 6.09. The summed E-state index contributed by atoms with van der Waals surface area (Å²) in [7, 11) is 0. The molecule has 1 atom stereocenters. The Morgan fingerprint density at radius 2 is 1.88 bits per heavy atom. The third-order valence-electron chi connectivity index (χ3n) is 4.97. The molecule has 0 saturated carbocycles. The lowest BCUT2D eigenvalue weighted by Gasteiger charge is -2.21. The van der Waals surface area contributed by atoms with E-state index < -0.39 is 11.6 Å². The average Bonchev–Trinajstić information content (AvgIpc) is 2.79. The van der Waals surface area contributed by atoms with Crippen molar-refractivity contribution in [3.8, 4) is 0 Å². The molecular weight excluding hydrogens is 330 g/mol. The molecule has 1 aliphatic rings. The Morgan fingerprint density at radius 3 is 2.54 bits per heavy atom.